The molecule has 3 rings (SSSR count). The summed E-state index contributed by atoms with van der Waals surface area (Å²) >= 11 is 1.79. The lowest BCUT2D eigenvalue weighted by Crippen LogP contribution is -2.43. The fraction of sp³-hybridized carbons (Fsp3) is 0.625. The van der Waals surface area contributed by atoms with E-state index in [1.165, 1.54) is 10.4 Å². The Morgan fingerprint density at radius 1 is 1.14 bits per heavy atom. The number of amides is 2. The maximum absolute atomic E-state index is 12.5. The first-order chi connectivity index (χ1) is 10.6. The van der Waals surface area contributed by atoms with E-state index in [0.29, 0.717) is 6.54 Å². The molecule has 2 aliphatic heterocycles. The highest BCUT2D eigenvalue weighted by Crippen LogP contribution is 2.24. The van der Waals surface area contributed by atoms with Crippen molar-refractivity contribution in [1.82, 2.24) is 14.7 Å². The quantitative estimate of drug-likeness (QED) is 0.822. The lowest BCUT2D eigenvalue weighted by molar-refractivity contribution is -0.133. The van der Waals surface area contributed by atoms with Gasteiger partial charge in [-0.15, -0.1) is 11.3 Å². The number of rotatable bonds is 2. The van der Waals surface area contributed by atoms with E-state index in [1.54, 1.807) is 18.3 Å². The Kier molecular flexibility index (Phi) is 4.78. The van der Waals surface area contributed by atoms with Crippen molar-refractivity contribution in [2.45, 2.75) is 26.3 Å². The summed E-state index contributed by atoms with van der Waals surface area (Å²) in [6, 6.07) is 2.14. The molecule has 0 N–H and O–H groups in total. The van der Waals surface area contributed by atoms with Crippen LogP contribution in [0.4, 0.5) is 0 Å². The Bertz CT molecular complexity index is 557. The van der Waals surface area contributed by atoms with E-state index < -0.39 is 0 Å². The van der Waals surface area contributed by atoms with Gasteiger partial charge in [0, 0.05) is 51.1 Å². The van der Waals surface area contributed by atoms with Crippen molar-refractivity contribution in [2.24, 2.45) is 0 Å². The molecule has 5 nitrogen and oxygen atoms in total. The molecule has 1 saturated heterocycles. The fourth-order valence-electron chi connectivity index (χ4n) is 3.20. The smallest absolute Gasteiger partial charge is 0.237 e. The molecule has 6 heteroatoms. The highest BCUT2D eigenvalue weighted by molar-refractivity contribution is 7.10. The van der Waals surface area contributed by atoms with Crippen molar-refractivity contribution in [3.8, 4) is 0 Å². The van der Waals surface area contributed by atoms with Gasteiger partial charge in [-0.05, 0) is 29.9 Å². The summed E-state index contributed by atoms with van der Waals surface area (Å²) in [6.45, 7) is 6.91. The van der Waals surface area contributed by atoms with Gasteiger partial charge in [0.1, 0.15) is 0 Å². The standard InChI is InChI=1S/C16H23N3O2S/c1-13(20)18-6-2-5-17(8-9-18)12-16(21)19-7-3-15-14(11-19)4-10-22-15/h4,10H,2-3,5-9,11-12H2,1H3. The molecule has 1 fully saturated rings. The van der Waals surface area contributed by atoms with Crippen molar-refractivity contribution < 1.29 is 9.59 Å². The first-order valence-electron chi connectivity index (χ1n) is 7.94. The first kappa shape index (κ1) is 15.5. The average molecular weight is 321 g/mol. The van der Waals surface area contributed by atoms with E-state index in [-0.39, 0.29) is 11.8 Å². The molecule has 120 valence electrons. The minimum Gasteiger partial charge on any atom is -0.342 e. The Labute approximate surface area is 135 Å². The molecule has 2 aliphatic rings. The number of nitrogens with zero attached hydrogens (tertiary/aromatic N) is 3. The predicted octanol–water partition coefficient (Wildman–Crippen LogP) is 1.19. The van der Waals surface area contributed by atoms with E-state index in [0.717, 1.165) is 52.1 Å². The summed E-state index contributed by atoms with van der Waals surface area (Å²) in [7, 11) is 0. The van der Waals surface area contributed by atoms with Crippen LogP contribution in [0.25, 0.3) is 0 Å². The van der Waals surface area contributed by atoms with E-state index in [9.17, 15) is 9.59 Å². The van der Waals surface area contributed by atoms with Crippen molar-refractivity contribution in [3.63, 3.8) is 0 Å². The molecule has 0 aromatic carbocycles. The molecule has 0 radical (unpaired) electrons. The maximum Gasteiger partial charge on any atom is 0.237 e. The average Bonchev–Trinajstić information content (AvgIpc) is 2.84. The van der Waals surface area contributed by atoms with Crippen LogP contribution in [0.5, 0.6) is 0 Å². The molecule has 22 heavy (non-hydrogen) atoms. The van der Waals surface area contributed by atoms with Crippen LogP contribution in [0.2, 0.25) is 0 Å². The van der Waals surface area contributed by atoms with Gasteiger partial charge in [0.15, 0.2) is 0 Å². The minimum absolute atomic E-state index is 0.134. The lowest BCUT2D eigenvalue weighted by atomic mass is 10.1. The maximum atomic E-state index is 12.5. The predicted molar refractivity (Wildman–Crippen MR) is 86.8 cm³/mol. The third kappa shape index (κ3) is 3.50. The summed E-state index contributed by atoms with van der Waals surface area (Å²) in [4.78, 5) is 31.5. The molecule has 2 amide bonds. The minimum atomic E-state index is 0.134. The topological polar surface area (TPSA) is 43.9 Å². The third-order valence-electron chi connectivity index (χ3n) is 4.55. The SMILES string of the molecule is CC(=O)N1CCCN(CC(=O)N2CCc3sccc3C2)CC1. The molecular weight excluding hydrogens is 298 g/mol. The van der Waals surface area contributed by atoms with Gasteiger partial charge in [-0.25, -0.2) is 0 Å². The van der Waals surface area contributed by atoms with Gasteiger partial charge in [-0.3, -0.25) is 14.5 Å². The number of carbonyl (C=O) groups is 2. The number of thiophene rings is 1. The van der Waals surface area contributed by atoms with Crippen LogP contribution < -0.4 is 0 Å². The van der Waals surface area contributed by atoms with Crippen LogP contribution in [0.3, 0.4) is 0 Å². The first-order valence-corrected chi connectivity index (χ1v) is 8.82. The summed E-state index contributed by atoms with van der Waals surface area (Å²) in [6.07, 6.45) is 1.93. The van der Waals surface area contributed by atoms with E-state index >= 15 is 0 Å². The number of hydrogen-bond acceptors (Lipinski definition) is 4. The van der Waals surface area contributed by atoms with Crippen molar-refractivity contribution >= 4 is 23.2 Å². The molecule has 0 spiro atoms. The number of hydrogen-bond donors (Lipinski definition) is 0. The van der Waals surface area contributed by atoms with Crippen LogP contribution in [0.1, 0.15) is 23.8 Å². The summed E-state index contributed by atoms with van der Waals surface area (Å²) in [5, 5.41) is 2.11. The zero-order chi connectivity index (χ0) is 15.5. The van der Waals surface area contributed by atoms with Crippen LogP contribution in [-0.4, -0.2) is 65.8 Å². The van der Waals surface area contributed by atoms with Crippen molar-refractivity contribution in [3.05, 3.63) is 21.9 Å². The van der Waals surface area contributed by atoms with E-state index in [1.807, 2.05) is 9.80 Å². The van der Waals surface area contributed by atoms with Crippen LogP contribution in [0, 0.1) is 0 Å². The third-order valence-corrected chi connectivity index (χ3v) is 5.58. The number of carbonyl (C=O) groups excluding carboxylic acids is 2. The van der Waals surface area contributed by atoms with Crippen LogP contribution in [-0.2, 0) is 22.6 Å². The second kappa shape index (κ2) is 6.79. The molecule has 0 aliphatic carbocycles. The summed E-state index contributed by atoms with van der Waals surface area (Å²) in [5.74, 6) is 0.349. The van der Waals surface area contributed by atoms with Gasteiger partial charge < -0.3 is 9.80 Å². The molecule has 3 heterocycles. The highest BCUT2D eigenvalue weighted by atomic mass is 32.1. The second-order valence-corrected chi connectivity index (χ2v) is 7.07. The van der Waals surface area contributed by atoms with Crippen LogP contribution in [0.15, 0.2) is 11.4 Å². The highest BCUT2D eigenvalue weighted by Gasteiger charge is 2.24. The Balaban J connectivity index is 1.53. The van der Waals surface area contributed by atoms with Crippen molar-refractivity contribution in [1.29, 1.82) is 0 Å². The number of fused-ring (bicyclic) bond motifs is 1. The zero-order valence-corrected chi connectivity index (χ0v) is 13.9. The van der Waals surface area contributed by atoms with Gasteiger partial charge in [0.2, 0.25) is 11.8 Å². The van der Waals surface area contributed by atoms with E-state index in [2.05, 4.69) is 16.3 Å². The second-order valence-electron chi connectivity index (χ2n) is 6.07. The molecule has 0 atom stereocenters. The Morgan fingerprint density at radius 3 is 2.82 bits per heavy atom. The molecule has 1 aromatic heterocycles. The molecule has 0 bridgehead atoms. The van der Waals surface area contributed by atoms with Crippen LogP contribution >= 0.6 is 11.3 Å². The van der Waals surface area contributed by atoms with Gasteiger partial charge in [0.05, 0.1) is 6.54 Å². The van der Waals surface area contributed by atoms with Gasteiger partial charge in [0.25, 0.3) is 0 Å². The molecule has 1 aromatic rings. The summed E-state index contributed by atoms with van der Waals surface area (Å²) in [5.41, 5.74) is 1.31. The van der Waals surface area contributed by atoms with Gasteiger partial charge in [-0.2, -0.15) is 0 Å². The fourth-order valence-corrected chi connectivity index (χ4v) is 4.09. The monoisotopic (exact) mass is 321 g/mol. The van der Waals surface area contributed by atoms with Crippen molar-refractivity contribution in [2.75, 3.05) is 39.3 Å². The Hall–Kier alpha value is -1.40. The van der Waals surface area contributed by atoms with Gasteiger partial charge in [-0.1, -0.05) is 0 Å². The summed E-state index contributed by atoms with van der Waals surface area (Å²) < 4.78 is 0. The largest absolute Gasteiger partial charge is 0.342 e. The lowest BCUT2D eigenvalue weighted by Gasteiger charge is -2.29. The molecule has 0 saturated carbocycles. The molecule has 0 unspecified atom stereocenters. The normalized spacial score (nSPS) is 19.7. The zero-order valence-electron chi connectivity index (χ0n) is 13.1. The van der Waals surface area contributed by atoms with Gasteiger partial charge >= 0.3 is 0 Å². The molecular formula is C16H23N3O2S. The van der Waals surface area contributed by atoms with E-state index in [4.69, 9.17) is 0 Å². The Morgan fingerprint density at radius 2 is 2.00 bits per heavy atom.